The number of ether oxygens (including phenoxy) is 4. The van der Waals surface area contributed by atoms with Crippen molar-refractivity contribution in [1.29, 1.82) is 0 Å². The molecule has 0 spiro atoms. The van der Waals surface area contributed by atoms with Crippen LogP contribution in [0.2, 0.25) is 0 Å². The lowest BCUT2D eigenvalue weighted by Crippen LogP contribution is -2.54. The molecular weight excluding hydrogens is 510 g/mol. The Labute approximate surface area is 227 Å². The van der Waals surface area contributed by atoms with Gasteiger partial charge in [-0.25, -0.2) is 0 Å². The Morgan fingerprint density at radius 3 is 2.33 bits per heavy atom. The summed E-state index contributed by atoms with van der Waals surface area (Å²) >= 11 is 0. The lowest BCUT2D eigenvalue weighted by Gasteiger charge is -2.27. The first-order chi connectivity index (χ1) is 18.9. The van der Waals surface area contributed by atoms with E-state index in [1.165, 1.54) is 12.1 Å². The molecule has 0 aromatic heterocycles. The number of imide groups is 2. The highest BCUT2D eigenvalue weighted by Gasteiger charge is 2.46. The average Bonchev–Trinajstić information content (AvgIpc) is 3.17. The van der Waals surface area contributed by atoms with Crippen LogP contribution in [-0.4, -0.2) is 100 Å². The van der Waals surface area contributed by atoms with Crippen molar-refractivity contribution in [3.05, 3.63) is 29.3 Å². The van der Waals surface area contributed by atoms with Crippen LogP contribution in [0.3, 0.4) is 0 Å². The zero-order valence-corrected chi connectivity index (χ0v) is 22.3. The number of Topliss-reactive ketones (excluding diaryl/α,β-unsaturated/α-hetero) is 1. The van der Waals surface area contributed by atoms with Gasteiger partial charge < -0.3 is 24.3 Å². The largest absolute Gasteiger partial charge is 0.485 e. The van der Waals surface area contributed by atoms with Crippen LogP contribution in [0, 0.1) is 0 Å². The number of carbonyl (C=O) groups excluding carboxylic acids is 5. The normalized spacial score (nSPS) is 16.9. The van der Waals surface area contributed by atoms with Gasteiger partial charge in [-0.3, -0.25) is 34.2 Å². The maximum absolute atomic E-state index is 13.1. The number of ketones is 1. The lowest BCUT2D eigenvalue weighted by atomic mass is 10.0. The Morgan fingerprint density at radius 2 is 1.64 bits per heavy atom. The highest BCUT2D eigenvalue weighted by atomic mass is 16.5. The Kier molecular flexibility index (Phi) is 12.5. The highest BCUT2D eigenvalue weighted by Crippen LogP contribution is 2.33. The molecule has 4 amide bonds. The number of nitrogens with one attached hydrogen (secondary N) is 2. The molecule has 0 bridgehead atoms. The van der Waals surface area contributed by atoms with E-state index in [0.29, 0.717) is 52.5 Å². The van der Waals surface area contributed by atoms with E-state index in [1.807, 2.05) is 7.05 Å². The number of nitrogens with zero attached hydrogens (tertiary/aromatic N) is 1. The van der Waals surface area contributed by atoms with Gasteiger partial charge in [0.05, 0.1) is 37.6 Å². The minimum absolute atomic E-state index is 0.0241. The maximum Gasteiger partial charge on any atom is 0.266 e. The summed E-state index contributed by atoms with van der Waals surface area (Å²) in [6, 6.07) is 3.47. The Bertz CT molecular complexity index is 1030. The number of piperidine rings is 1. The maximum atomic E-state index is 13.1. The molecule has 1 saturated heterocycles. The van der Waals surface area contributed by atoms with Crippen LogP contribution in [-0.2, 0) is 28.6 Å². The van der Waals surface area contributed by atoms with Gasteiger partial charge in [0.25, 0.3) is 11.8 Å². The molecule has 39 heavy (non-hydrogen) atoms. The first kappa shape index (κ1) is 30.4. The number of rotatable bonds is 19. The van der Waals surface area contributed by atoms with Crippen molar-refractivity contribution in [2.45, 2.75) is 44.6 Å². The van der Waals surface area contributed by atoms with Gasteiger partial charge in [0.15, 0.2) is 5.78 Å². The minimum atomic E-state index is -1.06. The molecule has 0 radical (unpaired) electrons. The van der Waals surface area contributed by atoms with Gasteiger partial charge in [0.2, 0.25) is 11.8 Å². The Hall–Kier alpha value is -3.19. The van der Waals surface area contributed by atoms with Crippen LogP contribution < -0.4 is 15.4 Å². The van der Waals surface area contributed by atoms with Gasteiger partial charge in [-0.2, -0.15) is 0 Å². The number of carbonyl (C=O) groups is 5. The first-order valence-corrected chi connectivity index (χ1v) is 13.3. The van der Waals surface area contributed by atoms with Crippen LogP contribution in [0.5, 0.6) is 5.75 Å². The van der Waals surface area contributed by atoms with Crippen molar-refractivity contribution >= 4 is 29.4 Å². The molecule has 0 aliphatic carbocycles. The molecule has 12 heteroatoms. The number of hydrogen-bond donors (Lipinski definition) is 2. The van der Waals surface area contributed by atoms with E-state index in [-0.39, 0.29) is 48.5 Å². The van der Waals surface area contributed by atoms with Crippen molar-refractivity contribution in [2.24, 2.45) is 0 Å². The molecule has 1 aromatic carbocycles. The standard InChI is InChI=1S/C27H37N3O9/c1-28-11-5-13-37-15-17-38-16-14-36-12-3-2-6-19(31)18-39-22-8-4-7-20-24(22)27(35)30(26(20)34)21-9-10-23(32)29-25(21)33/h4,7-8,21,28H,2-3,5-6,9-18H2,1H3,(H,29,32,33). The molecule has 2 aliphatic heterocycles. The third kappa shape index (κ3) is 8.92. The first-order valence-electron chi connectivity index (χ1n) is 13.3. The summed E-state index contributed by atoms with van der Waals surface area (Å²) in [6.45, 7) is 3.93. The lowest BCUT2D eigenvalue weighted by molar-refractivity contribution is -0.136. The molecule has 1 fully saturated rings. The quantitative estimate of drug-likeness (QED) is 0.189. The summed E-state index contributed by atoms with van der Waals surface area (Å²) in [5.41, 5.74) is 0.129. The predicted octanol–water partition coefficient (Wildman–Crippen LogP) is 0.865. The van der Waals surface area contributed by atoms with Crippen LogP contribution in [0.4, 0.5) is 0 Å². The van der Waals surface area contributed by atoms with Crippen LogP contribution in [0.1, 0.15) is 59.2 Å². The highest BCUT2D eigenvalue weighted by molar-refractivity contribution is 6.24. The van der Waals surface area contributed by atoms with Crippen LogP contribution in [0.15, 0.2) is 18.2 Å². The number of unbranched alkanes of at least 4 members (excludes halogenated alkanes) is 1. The fourth-order valence-corrected chi connectivity index (χ4v) is 4.25. The second kappa shape index (κ2) is 16.0. The van der Waals surface area contributed by atoms with Crippen molar-refractivity contribution in [2.75, 3.05) is 59.8 Å². The minimum Gasteiger partial charge on any atom is -0.485 e. The van der Waals surface area contributed by atoms with Crippen molar-refractivity contribution in [1.82, 2.24) is 15.5 Å². The molecule has 214 valence electrons. The summed E-state index contributed by atoms with van der Waals surface area (Å²) in [4.78, 5) is 62.8. The van der Waals surface area contributed by atoms with E-state index in [4.69, 9.17) is 18.9 Å². The van der Waals surface area contributed by atoms with Crippen molar-refractivity contribution < 1.29 is 42.9 Å². The summed E-state index contributed by atoms with van der Waals surface area (Å²) < 4.78 is 22.0. The van der Waals surface area contributed by atoms with Gasteiger partial charge >= 0.3 is 0 Å². The van der Waals surface area contributed by atoms with Gasteiger partial charge in [-0.05, 0) is 51.4 Å². The third-order valence-corrected chi connectivity index (χ3v) is 6.27. The number of fused-ring (bicyclic) bond motifs is 1. The van der Waals surface area contributed by atoms with Crippen molar-refractivity contribution in [3.63, 3.8) is 0 Å². The molecule has 2 N–H and O–H groups in total. The smallest absolute Gasteiger partial charge is 0.266 e. The monoisotopic (exact) mass is 547 g/mol. The summed E-state index contributed by atoms with van der Waals surface area (Å²) in [7, 11) is 1.91. The van der Waals surface area contributed by atoms with Crippen LogP contribution >= 0.6 is 0 Å². The van der Waals surface area contributed by atoms with Gasteiger partial charge in [0, 0.05) is 26.1 Å². The van der Waals surface area contributed by atoms with E-state index in [9.17, 15) is 24.0 Å². The molecule has 12 nitrogen and oxygen atoms in total. The van der Waals surface area contributed by atoms with E-state index in [2.05, 4.69) is 10.6 Å². The number of benzene rings is 1. The average molecular weight is 548 g/mol. The van der Waals surface area contributed by atoms with Crippen molar-refractivity contribution in [3.8, 4) is 5.75 Å². The Morgan fingerprint density at radius 1 is 0.949 bits per heavy atom. The van der Waals surface area contributed by atoms with E-state index in [0.717, 1.165) is 17.9 Å². The zero-order valence-electron chi connectivity index (χ0n) is 22.3. The molecule has 1 atom stereocenters. The number of hydrogen-bond acceptors (Lipinski definition) is 10. The molecule has 3 rings (SSSR count). The van der Waals surface area contributed by atoms with Crippen LogP contribution in [0.25, 0.3) is 0 Å². The molecule has 1 aromatic rings. The van der Waals surface area contributed by atoms with E-state index >= 15 is 0 Å². The summed E-state index contributed by atoms with van der Waals surface area (Å²) in [6.07, 6.45) is 2.68. The van der Waals surface area contributed by atoms with Gasteiger partial charge in [-0.1, -0.05) is 6.07 Å². The molecule has 0 saturated carbocycles. The summed E-state index contributed by atoms with van der Waals surface area (Å²) in [5, 5.41) is 5.22. The molecule has 2 aliphatic rings. The van der Waals surface area contributed by atoms with Gasteiger partial charge in [-0.15, -0.1) is 0 Å². The fraction of sp³-hybridized carbons (Fsp3) is 0.593. The second-order valence-corrected chi connectivity index (χ2v) is 9.20. The van der Waals surface area contributed by atoms with E-state index in [1.54, 1.807) is 6.07 Å². The van der Waals surface area contributed by atoms with Gasteiger partial charge in [0.1, 0.15) is 18.4 Å². The van der Waals surface area contributed by atoms with E-state index < -0.39 is 29.7 Å². The topological polar surface area (TPSA) is 150 Å². The molecule has 1 unspecified atom stereocenters. The SMILES string of the molecule is CNCCCOCCOCCOCCCCC(=O)COc1cccc2c1C(=O)N(C1CCC(=O)NC1=O)C2=O. The second-order valence-electron chi connectivity index (χ2n) is 9.20. The predicted molar refractivity (Wildman–Crippen MR) is 138 cm³/mol. The molecular formula is C27H37N3O9. The zero-order chi connectivity index (χ0) is 28.0. The number of amides is 4. The summed E-state index contributed by atoms with van der Waals surface area (Å²) in [5.74, 6) is -2.46. The molecule has 2 heterocycles. The fourth-order valence-electron chi connectivity index (χ4n) is 4.25. The Balaban J connectivity index is 1.31. The third-order valence-electron chi connectivity index (χ3n) is 6.27.